The molecule has 2 aromatic carbocycles. The lowest BCUT2D eigenvalue weighted by Crippen LogP contribution is -2.32. The Morgan fingerprint density at radius 1 is 0.977 bits per heavy atom. The van der Waals surface area contributed by atoms with E-state index in [0.29, 0.717) is 60.9 Å². The second kappa shape index (κ2) is 11.4. The normalized spacial score (nSPS) is 17.7. The highest BCUT2D eigenvalue weighted by Gasteiger charge is 2.30. The maximum absolute atomic E-state index is 13.8. The summed E-state index contributed by atoms with van der Waals surface area (Å²) < 4.78 is 13.8. The molecule has 9 heteroatoms. The highest BCUT2D eigenvalue weighted by Crippen LogP contribution is 2.43. The van der Waals surface area contributed by atoms with Gasteiger partial charge in [0.15, 0.2) is 5.78 Å². The summed E-state index contributed by atoms with van der Waals surface area (Å²) in [7, 11) is 0. The number of para-hydroxylation sites is 1. The Kier molecular flexibility index (Phi) is 7.26. The maximum Gasteiger partial charge on any atom is 0.259 e. The van der Waals surface area contributed by atoms with E-state index >= 15 is 0 Å². The number of alkyl halides is 1. The van der Waals surface area contributed by atoms with Gasteiger partial charge in [0.25, 0.3) is 11.8 Å². The first kappa shape index (κ1) is 27.5. The van der Waals surface area contributed by atoms with Gasteiger partial charge in [0, 0.05) is 47.4 Å². The number of aromatic nitrogens is 1. The van der Waals surface area contributed by atoms with Gasteiger partial charge in [-0.3, -0.25) is 14.4 Å². The zero-order valence-corrected chi connectivity index (χ0v) is 24.4. The highest BCUT2D eigenvalue weighted by molar-refractivity contribution is 7.17. The molecule has 0 spiro atoms. The number of nitrogens with one attached hydrogen (secondary N) is 1. The Balaban J connectivity index is 1.08. The van der Waals surface area contributed by atoms with E-state index in [-0.39, 0.29) is 24.1 Å². The number of thiophene rings is 1. The summed E-state index contributed by atoms with van der Waals surface area (Å²) in [4.78, 5) is 49.6. The van der Waals surface area contributed by atoms with Crippen molar-refractivity contribution < 1.29 is 18.8 Å². The van der Waals surface area contributed by atoms with Crippen molar-refractivity contribution in [3.63, 3.8) is 0 Å². The summed E-state index contributed by atoms with van der Waals surface area (Å²) >= 11 is 1.54. The molecular weight excluding hydrogens is 563 g/mol. The minimum atomic E-state index is -0.926. The minimum Gasteiger partial charge on any atom is -0.353 e. The van der Waals surface area contributed by atoms with E-state index < -0.39 is 6.17 Å². The van der Waals surface area contributed by atoms with Gasteiger partial charge >= 0.3 is 0 Å². The van der Waals surface area contributed by atoms with Crippen molar-refractivity contribution in [2.24, 2.45) is 5.92 Å². The molecule has 1 atom stereocenters. The summed E-state index contributed by atoms with van der Waals surface area (Å²) in [5.74, 6) is 0.770. The van der Waals surface area contributed by atoms with Crippen molar-refractivity contribution in [2.75, 3.05) is 34.8 Å². The van der Waals surface area contributed by atoms with E-state index in [1.54, 1.807) is 52.4 Å². The SMILES string of the molecule is O=C(CC1CC1)c1cc2c(s1)-c1ccccc1N(C(=O)c1ccc(NC(=O)c3cccnc3N3CC[C@H](F)C3)cc1)CC2. The molecule has 7 nitrogen and oxygen atoms in total. The molecule has 1 saturated heterocycles. The molecule has 4 aromatic rings. The molecule has 1 saturated carbocycles. The van der Waals surface area contributed by atoms with Crippen molar-refractivity contribution in [1.82, 2.24) is 4.98 Å². The van der Waals surface area contributed by atoms with Gasteiger partial charge < -0.3 is 15.1 Å². The third kappa shape index (κ3) is 5.57. The number of amides is 2. The summed E-state index contributed by atoms with van der Waals surface area (Å²) in [5, 5.41) is 2.89. The number of pyridine rings is 1. The summed E-state index contributed by atoms with van der Waals surface area (Å²) in [5.41, 5.74) is 4.33. The summed E-state index contributed by atoms with van der Waals surface area (Å²) in [6.45, 7) is 1.23. The van der Waals surface area contributed by atoms with Crippen LogP contribution < -0.4 is 15.1 Å². The maximum atomic E-state index is 13.8. The number of halogens is 1. The molecular formula is C34H31FN4O3S. The number of hydrogen-bond acceptors (Lipinski definition) is 6. The zero-order valence-electron chi connectivity index (χ0n) is 23.6. The number of carbonyl (C=O) groups excluding carboxylic acids is 3. The first-order valence-corrected chi connectivity index (χ1v) is 15.6. The van der Waals surface area contributed by atoms with Crippen molar-refractivity contribution >= 4 is 46.1 Å². The Labute approximate surface area is 253 Å². The molecule has 4 heterocycles. The third-order valence-corrected chi connectivity index (χ3v) is 9.65. The lowest BCUT2D eigenvalue weighted by molar-refractivity contribution is 0.0974. The molecule has 43 heavy (non-hydrogen) atoms. The standard InChI is InChI=1S/C34H31FN4O3S/c35-24-14-16-38(20-24)32-27(5-3-15-36-32)33(41)37-25-11-9-22(10-12-25)34(42)39-17-13-23-19-30(29(40)18-21-7-8-21)43-31(23)26-4-1-2-6-28(26)39/h1-6,9-12,15,19,21,24H,7-8,13-14,16-18,20H2,(H,37,41)/t24-/m0/s1. The Bertz CT molecular complexity index is 1710. The van der Waals surface area contributed by atoms with Gasteiger partial charge in [0.2, 0.25) is 0 Å². The van der Waals surface area contributed by atoms with Gasteiger partial charge in [-0.1, -0.05) is 18.2 Å². The number of anilines is 3. The fourth-order valence-corrected chi connectivity index (χ4v) is 7.11. The molecule has 2 aromatic heterocycles. The zero-order chi connectivity index (χ0) is 29.5. The molecule has 3 aliphatic rings. The predicted octanol–water partition coefficient (Wildman–Crippen LogP) is 6.80. The highest BCUT2D eigenvalue weighted by atomic mass is 32.1. The van der Waals surface area contributed by atoms with Crippen LogP contribution in [0.25, 0.3) is 10.4 Å². The number of hydrogen-bond donors (Lipinski definition) is 1. The van der Waals surface area contributed by atoms with Crippen molar-refractivity contribution in [3.8, 4) is 10.4 Å². The Morgan fingerprint density at radius 2 is 1.79 bits per heavy atom. The van der Waals surface area contributed by atoms with Gasteiger partial charge in [-0.15, -0.1) is 11.3 Å². The average Bonchev–Trinajstić information content (AvgIpc) is 3.61. The van der Waals surface area contributed by atoms with Crippen LogP contribution in [0, 0.1) is 5.92 Å². The van der Waals surface area contributed by atoms with Crippen LogP contribution >= 0.6 is 11.3 Å². The number of fused-ring (bicyclic) bond motifs is 3. The molecule has 7 rings (SSSR count). The third-order valence-electron chi connectivity index (χ3n) is 8.40. The van der Waals surface area contributed by atoms with E-state index in [9.17, 15) is 18.8 Å². The van der Waals surface area contributed by atoms with E-state index in [2.05, 4.69) is 10.3 Å². The molecule has 2 aliphatic heterocycles. The number of Topliss-reactive ketones (excluding diaryl/α,β-unsaturated/α-hetero) is 1. The molecule has 2 amide bonds. The van der Waals surface area contributed by atoms with Crippen LogP contribution in [-0.2, 0) is 6.42 Å². The van der Waals surface area contributed by atoms with E-state index in [1.165, 1.54) is 11.3 Å². The topological polar surface area (TPSA) is 82.6 Å². The quantitative estimate of drug-likeness (QED) is 0.238. The fourth-order valence-electron chi connectivity index (χ4n) is 5.92. The van der Waals surface area contributed by atoms with Crippen LogP contribution in [0.3, 0.4) is 0 Å². The lowest BCUT2D eigenvalue weighted by atomic mass is 10.1. The monoisotopic (exact) mass is 594 g/mol. The molecule has 0 unspecified atom stereocenters. The van der Waals surface area contributed by atoms with Crippen LogP contribution in [0.2, 0.25) is 0 Å². The average molecular weight is 595 g/mol. The van der Waals surface area contributed by atoms with Crippen molar-refractivity contribution in [2.45, 2.75) is 38.3 Å². The lowest BCUT2D eigenvalue weighted by Gasteiger charge is -2.23. The minimum absolute atomic E-state index is 0.130. The first-order chi connectivity index (χ1) is 20.9. The summed E-state index contributed by atoms with van der Waals surface area (Å²) in [6.07, 6.45) is 4.68. The van der Waals surface area contributed by atoms with Crippen LogP contribution in [0.15, 0.2) is 72.9 Å². The Hall–Kier alpha value is -4.37. The number of ketones is 1. The smallest absolute Gasteiger partial charge is 0.259 e. The number of benzene rings is 2. The Morgan fingerprint density at radius 3 is 2.56 bits per heavy atom. The van der Waals surface area contributed by atoms with Crippen LogP contribution in [0.1, 0.15) is 61.6 Å². The number of carbonyl (C=O) groups is 3. The second-order valence-electron chi connectivity index (χ2n) is 11.5. The summed E-state index contributed by atoms with van der Waals surface area (Å²) in [6, 6.07) is 20.1. The van der Waals surface area contributed by atoms with Crippen molar-refractivity contribution in [3.05, 3.63) is 94.5 Å². The number of nitrogens with zero attached hydrogens (tertiary/aromatic N) is 3. The first-order valence-electron chi connectivity index (χ1n) is 14.8. The molecule has 1 aliphatic carbocycles. The van der Waals surface area contributed by atoms with Crippen LogP contribution in [-0.4, -0.2) is 48.4 Å². The van der Waals surface area contributed by atoms with Gasteiger partial charge in [0.1, 0.15) is 12.0 Å². The second-order valence-corrected chi connectivity index (χ2v) is 12.5. The molecule has 0 bridgehead atoms. The largest absolute Gasteiger partial charge is 0.353 e. The van der Waals surface area contributed by atoms with Crippen LogP contribution in [0.4, 0.5) is 21.6 Å². The van der Waals surface area contributed by atoms with E-state index in [1.807, 2.05) is 30.3 Å². The van der Waals surface area contributed by atoms with E-state index in [4.69, 9.17) is 0 Å². The van der Waals surface area contributed by atoms with Gasteiger partial charge in [-0.2, -0.15) is 0 Å². The van der Waals surface area contributed by atoms with E-state index in [0.717, 1.165) is 39.4 Å². The van der Waals surface area contributed by atoms with Gasteiger partial charge in [0.05, 0.1) is 22.7 Å². The molecule has 2 fully saturated rings. The molecule has 1 N–H and O–H groups in total. The van der Waals surface area contributed by atoms with Gasteiger partial charge in [-0.05, 0) is 85.7 Å². The fraction of sp³-hybridized carbons (Fsp3) is 0.294. The van der Waals surface area contributed by atoms with Crippen molar-refractivity contribution in [1.29, 1.82) is 0 Å². The number of rotatable bonds is 7. The van der Waals surface area contributed by atoms with Crippen LogP contribution in [0.5, 0.6) is 0 Å². The molecule has 218 valence electrons. The predicted molar refractivity (Wildman–Crippen MR) is 167 cm³/mol. The van der Waals surface area contributed by atoms with Gasteiger partial charge in [-0.25, -0.2) is 9.37 Å². The molecule has 0 radical (unpaired) electrons.